The molecule has 0 bridgehead atoms. The summed E-state index contributed by atoms with van der Waals surface area (Å²) in [6.45, 7) is 0.938. The number of hydrogen-bond acceptors (Lipinski definition) is 5. The number of amides is 1. The number of piperidine rings is 1. The number of benzene rings is 2. The largest absolute Gasteiger partial charge is 0.437 e. The molecule has 0 radical (unpaired) electrons. The molecule has 1 fully saturated rings. The van der Waals surface area contributed by atoms with Gasteiger partial charge in [0.15, 0.2) is 0 Å². The first-order valence-electron chi connectivity index (χ1n) is 11.7. The lowest BCUT2D eigenvalue weighted by Crippen LogP contribution is -2.53. The van der Waals surface area contributed by atoms with Crippen LogP contribution >= 0.6 is 11.6 Å². The van der Waals surface area contributed by atoms with E-state index in [0.29, 0.717) is 60.1 Å². The number of imidazole rings is 1. The predicted octanol–water partition coefficient (Wildman–Crippen LogP) is 5.47. The number of anilines is 1. The Kier molecular flexibility index (Phi) is 6.60. The van der Waals surface area contributed by atoms with E-state index in [1.807, 2.05) is 16.7 Å². The van der Waals surface area contributed by atoms with E-state index in [-0.39, 0.29) is 5.69 Å². The van der Waals surface area contributed by atoms with E-state index >= 15 is 0 Å². The van der Waals surface area contributed by atoms with E-state index in [1.165, 1.54) is 12.1 Å². The lowest BCUT2D eigenvalue weighted by Gasteiger charge is -2.46. The van der Waals surface area contributed by atoms with Gasteiger partial charge in [-0.2, -0.15) is 18.4 Å². The lowest BCUT2D eigenvalue weighted by atomic mass is 9.82. The number of aromatic nitrogens is 2. The van der Waals surface area contributed by atoms with Crippen molar-refractivity contribution in [1.29, 1.82) is 5.26 Å². The van der Waals surface area contributed by atoms with Crippen LogP contribution in [-0.4, -0.2) is 46.4 Å². The van der Waals surface area contributed by atoms with Crippen molar-refractivity contribution in [3.8, 4) is 6.07 Å². The molecule has 3 heterocycles. The van der Waals surface area contributed by atoms with Gasteiger partial charge < -0.3 is 9.30 Å². The zero-order valence-corrected chi connectivity index (χ0v) is 20.5. The number of hydrogen-bond donors (Lipinski definition) is 0. The van der Waals surface area contributed by atoms with Crippen LogP contribution in [0.4, 0.5) is 23.7 Å². The number of halogens is 4. The molecule has 1 aromatic heterocycles. The Hall–Kier alpha value is -3.55. The fourth-order valence-corrected chi connectivity index (χ4v) is 5.16. The average Bonchev–Trinajstić information content (AvgIpc) is 3.29. The number of alkyl halides is 3. The summed E-state index contributed by atoms with van der Waals surface area (Å²) in [6.07, 6.45) is -1.15. The molecular weight excluding hydrogens is 507 g/mol. The third kappa shape index (κ3) is 5.29. The molecule has 1 saturated heterocycles. The molecule has 3 aromatic rings. The van der Waals surface area contributed by atoms with Gasteiger partial charge in [0.2, 0.25) is 0 Å². The van der Waals surface area contributed by atoms with E-state index in [1.54, 1.807) is 30.7 Å². The molecule has 37 heavy (non-hydrogen) atoms. The highest BCUT2D eigenvalue weighted by Gasteiger charge is 2.49. The first-order chi connectivity index (χ1) is 17.7. The van der Waals surface area contributed by atoms with Crippen LogP contribution in [0, 0.1) is 11.3 Å². The first-order valence-corrected chi connectivity index (χ1v) is 12.1. The highest BCUT2D eigenvalue weighted by Crippen LogP contribution is 2.47. The molecule has 7 nitrogen and oxygen atoms in total. The Bertz CT molecular complexity index is 1340. The van der Waals surface area contributed by atoms with Crippen LogP contribution in [0.3, 0.4) is 0 Å². The number of nitrogens with zero attached hydrogens (tertiary/aromatic N) is 5. The standard InChI is InChI=1S/C26H23ClF3N5O2/c27-20-5-6-23-22(11-20)25(37-24(36)35(23)16-26(28,29)30)7-9-33(10-8-25)15-21-13-32-17-34(21)14-19-3-1-18(12-31)2-4-19/h1-6,11,13,17H,7-10,14-16H2. The van der Waals surface area contributed by atoms with Crippen LogP contribution in [0.5, 0.6) is 0 Å². The highest BCUT2D eigenvalue weighted by molar-refractivity contribution is 6.30. The van der Waals surface area contributed by atoms with Crippen LogP contribution in [0.2, 0.25) is 5.02 Å². The Morgan fingerprint density at radius 1 is 1.11 bits per heavy atom. The minimum absolute atomic E-state index is 0.187. The average molecular weight is 530 g/mol. The van der Waals surface area contributed by atoms with Gasteiger partial charge in [-0.05, 0) is 35.9 Å². The molecule has 2 aliphatic heterocycles. The second-order valence-corrected chi connectivity index (χ2v) is 9.76. The number of ether oxygens (including phenoxy) is 1. The quantitative estimate of drug-likeness (QED) is 0.438. The molecule has 5 rings (SSSR count). The van der Waals surface area contributed by atoms with Gasteiger partial charge in [0, 0.05) is 55.8 Å². The number of nitriles is 1. The molecule has 2 aliphatic rings. The Morgan fingerprint density at radius 3 is 2.51 bits per heavy atom. The first kappa shape index (κ1) is 25.1. The van der Waals surface area contributed by atoms with Crippen molar-refractivity contribution >= 4 is 23.4 Å². The molecule has 0 atom stereocenters. The van der Waals surface area contributed by atoms with E-state index in [9.17, 15) is 18.0 Å². The number of likely N-dealkylation sites (tertiary alicyclic amines) is 1. The maximum Gasteiger partial charge on any atom is 0.415 e. The maximum absolute atomic E-state index is 13.2. The molecule has 0 saturated carbocycles. The molecule has 0 N–H and O–H groups in total. The number of fused-ring (bicyclic) bond motifs is 2. The van der Waals surface area contributed by atoms with Crippen molar-refractivity contribution in [1.82, 2.24) is 14.5 Å². The summed E-state index contributed by atoms with van der Waals surface area (Å²) in [6, 6.07) is 14.0. The maximum atomic E-state index is 13.2. The van der Waals surface area contributed by atoms with Crippen LogP contribution < -0.4 is 4.90 Å². The van der Waals surface area contributed by atoms with Crippen LogP contribution in [0.25, 0.3) is 0 Å². The zero-order valence-electron chi connectivity index (χ0n) is 19.7. The molecule has 1 amide bonds. The summed E-state index contributed by atoms with van der Waals surface area (Å²) in [5.74, 6) is 0. The topological polar surface area (TPSA) is 74.4 Å². The highest BCUT2D eigenvalue weighted by atomic mass is 35.5. The summed E-state index contributed by atoms with van der Waals surface area (Å²) < 4.78 is 47.2. The molecule has 11 heteroatoms. The monoisotopic (exact) mass is 529 g/mol. The summed E-state index contributed by atoms with van der Waals surface area (Å²) >= 11 is 6.20. The SMILES string of the molecule is N#Cc1ccc(Cn2cncc2CN2CCC3(CC2)OC(=O)N(CC(F)(F)F)c2ccc(Cl)cc23)cc1. The van der Waals surface area contributed by atoms with Crippen LogP contribution in [0.1, 0.15) is 35.2 Å². The van der Waals surface area contributed by atoms with Crippen molar-refractivity contribution in [2.75, 3.05) is 24.5 Å². The zero-order chi connectivity index (χ0) is 26.2. The van der Waals surface area contributed by atoms with Gasteiger partial charge >= 0.3 is 12.3 Å². The third-order valence-corrected chi connectivity index (χ3v) is 7.10. The third-order valence-electron chi connectivity index (χ3n) is 6.86. The van der Waals surface area contributed by atoms with Gasteiger partial charge in [0.05, 0.1) is 29.3 Å². The van der Waals surface area contributed by atoms with Crippen LogP contribution in [-0.2, 0) is 23.4 Å². The summed E-state index contributed by atoms with van der Waals surface area (Å²) in [5, 5.41) is 9.36. The minimum Gasteiger partial charge on any atom is -0.437 e. The second-order valence-electron chi connectivity index (χ2n) is 9.32. The molecule has 0 unspecified atom stereocenters. The van der Waals surface area contributed by atoms with E-state index in [4.69, 9.17) is 21.6 Å². The molecular formula is C26H23ClF3N5O2. The van der Waals surface area contributed by atoms with Crippen molar-refractivity contribution in [2.24, 2.45) is 0 Å². The molecule has 1 spiro atoms. The summed E-state index contributed by atoms with van der Waals surface area (Å²) in [5.41, 5.74) is 2.31. The van der Waals surface area contributed by atoms with Gasteiger partial charge in [-0.15, -0.1) is 0 Å². The normalized spacial score (nSPS) is 17.4. The predicted molar refractivity (Wildman–Crippen MR) is 130 cm³/mol. The van der Waals surface area contributed by atoms with Crippen LogP contribution in [0.15, 0.2) is 55.0 Å². The van der Waals surface area contributed by atoms with Crippen molar-refractivity contribution in [3.63, 3.8) is 0 Å². The Morgan fingerprint density at radius 2 is 1.84 bits per heavy atom. The molecule has 2 aromatic carbocycles. The smallest absolute Gasteiger partial charge is 0.415 e. The van der Waals surface area contributed by atoms with E-state index in [0.717, 1.165) is 11.3 Å². The van der Waals surface area contributed by atoms with Gasteiger partial charge in [0.1, 0.15) is 12.1 Å². The minimum atomic E-state index is -4.56. The number of carbonyl (C=O) groups excluding carboxylic acids is 1. The van der Waals surface area contributed by atoms with Gasteiger partial charge in [-0.3, -0.25) is 9.80 Å². The van der Waals surface area contributed by atoms with E-state index < -0.39 is 24.4 Å². The fourth-order valence-electron chi connectivity index (χ4n) is 4.99. The Balaban J connectivity index is 1.30. The lowest BCUT2D eigenvalue weighted by molar-refractivity contribution is -0.121. The molecule has 192 valence electrons. The molecule has 0 aliphatic carbocycles. The summed E-state index contributed by atoms with van der Waals surface area (Å²) in [4.78, 5) is 19.8. The number of carbonyl (C=O) groups is 1. The van der Waals surface area contributed by atoms with Crippen molar-refractivity contribution < 1.29 is 22.7 Å². The Labute approximate surface area is 216 Å². The van der Waals surface area contributed by atoms with Gasteiger partial charge in [-0.1, -0.05) is 23.7 Å². The van der Waals surface area contributed by atoms with Crippen molar-refractivity contribution in [2.45, 2.75) is 37.7 Å². The summed E-state index contributed by atoms with van der Waals surface area (Å²) in [7, 11) is 0. The fraction of sp³-hybridized carbons (Fsp3) is 0.346. The van der Waals surface area contributed by atoms with Gasteiger partial charge in [-0.25, -0.2) is 9.78 Å². The second kappa shape index (κ2) is 9.72. The van der Waals surface area contributed by atoms with E-state index in [2.05, 4.69) is 16.0 Å². The number of rotatable bonds is 5. The van der Waals surface area contributed by atoms with Crippen molar-refractivity contribution in [3.05, 3.63) is 82.4 Å². The van der Waals surface area contributed by atoms with Gasteiger partial charge in [0.25, 0.3) is 0 Å².